The number of hydrogen-bond donors (Lipinski definition) is 1. The van der Waals surface area contributed by atoms with Crippen molar-refractivity contribution in [2.75, 3.05) is 45.2 Å². The zero-order chi connectivity index (χ0) is 20.8. The summed E-state index contributed by atoms with van der Waals surface area (Å²) in [4.78, 5) is 36.2. The van der Waals surface area contributed by atoms with E-state index in [9.17, 15) is 9.59 Å². The van der Waals surface area contributed by atoms with Crippen molar-refractivity contribution in [2.45, 2.75) is 13.8 Å². The predicted octanol–water partition coefficient (Wildman–Crippen LogP) is 2.45. The lowest BCUT2D eigenvalue weighted by molar-refractivity contribution is 0.0565. The van der Waals surface area contributed by atoms with Gasteiger partial charge in [-0.15, -0.1) is 0 Å². The number of carbonyl (C=O) groups excluding carboxylic acids is 2. The van der Waals surface area contributed by atoms with Gasteiger partial charge in [0.05, 0.1) is 31.8 Å². The predicted molar refractivity (Wildman–Crippen MR) is 108 cm³/mol. The number of hydrogen-bond acceptors (Lipinski definition) is 7. The van der Waals surface area contributed by atoms with E-state index in [0.717, 1.165) is 11.3 Å². The molecule has 9 nitrogen and oxygen atoms in total. The first kappa shape index (κ1) is 20.4. The maximum atomic E-state index is 12.7. The maximum absolute atomic E-state index is 12.7. The number of nitrogens with zero attached hydrogens (tertiary/aromatic N) is 4. The Labute approximate surface area is 169 Å². The molecule has 3 rings (SSSR count). The number of aryl methyl sites for hydroxylation is 1. The third-order valence-electron chi connectivity index (χ3n) is 4.58. The van der Waals surface area contributed by atoms with Crippen LogP contribution in [-0.4, -0.2) is 71.7 Å². The summed E-state index contributed by atoms with van der Waals surface area (Å²) in [5, 5.41) is 3.16. The van der Waals surface area contributed by atoms with E-state index in [2.05, 4.69) is 15.3 Å². The zero-order valence-electron chi connectivity index (χ0n) is 16.8. The number of benzene rings is 1. The monoisotopic (exact) mass is 399 g/mol. The van der Waals surface area contributed by atoms with Crippen molar-refractivity contribution >= 4 is 23.5 Å². The van der Waals surface area contributed by atoms with Crippen molar-refractivity contribution in [3.05, 3.63) is 41.9 Å². The Morgan fingerprint density at radius 2 is 1.83 bits per heavy atom. The van der Waals surface area contributed by atoms with Crippen LogP contribution >= 0.6 is 0 Å². The second-order valence-electron chi connectivity index (χ2n) is 6.59. The average molecular weight is 399 g/mol. The molecule has 29 heavy (non-hydrogen) atoms. The van der Waals surface area contributed by atoms with E-state index in [0.29, 0.717) is 44.4 Å². The molecule has 0 spiro atoms. The molecule has 1 fully saturated rings. The summed E-state index contributed by atoms with van der Waals surface area (Å²) < 4.78 is 10.3. The lowest BCUT2D eigenvalue weighted by Gasteiger charge is -2.33. The summed E-state index contributed by atoms with van der Waals surface area (Å²) >= 11 is 0. The highest BCUT2D eigenvalue weighted by atomic mass is 16.6. The fraction of sp³-hybridized carbons (Fsp3) is 0.400. The Bertz CT molecular complexity index is 864. The zero-order valence-corrected chi connectivity index (χ0v) is 16.8. The number of ether oxygens (including phenoxy) is 2. The normalized spacial score (nSPS) is 13.8. The largest absolute Gasteiger partial charge is 0.495 e. The molecule has 0 bridgehead atoms. The molecule has 2 heterocycles. The van der Waals surface area contributed by atoms with Crippen molar-refractivity contribution in [1.82, 2.24) is 19.8 Å². The Hall–Kier alpha value is -3.36. The van der Waals surface area contributed by atoms with Crippen LogP contribution in [-0.2, 0) is 4.74 Å². The van der Waals surface area contributed by atoms with Gasteiger partial charge in [-0.3, -0.25) is 4.79 Å². The van der Waals surface area contributed by atoms with Gasteiger partial charge in [0.2, 0.25) is 0 Å². The van der Waals surface area contributed by atoms with E-state index >= 15 is 0 Å². The highest BCUT2D eigenvalue weighted by molar-refractivity contribution is 5.92. The number of anilines is 2. The molecule has 0 radical (unpaired) electrons. The van der Waals surface area contributed by atoms with Crippen LogP contribution in [0, 0.1) is 6.92 Å². The van der Waals surface area contributed by atoms with Gasteiger partial charge in [0, 0.05) is 26.2 Å². The molecule has 1 aliphatic heterocycles. The quantitative estimate of drug-likeness (QED) is 0.825. The molecule has 1 saturated heterocycles. The molecule has 154 valence electrons. The summed E-state index contributed by atoms with van der Waals surface area (Å²) in [5.74, 6) is 0.996. The smallest absolute Gasteiger partial charge is 0.409 e. The van der Waals surface area contributed by atoms with Crippen LogP contribution in [0.5, 0.6) is 5.75 Å². The van der Waals surface area contributed by atoms with Crippen molar-refractivity contribution in [2.24, 2.45) is 0 Å². The van der Waals surface area contributed by atoms with E-state index < -0.39 is 0 Å². The standard InChI is InChI=1S/C20H25N5O4/c1-4-29-20(27)25-9-7-24(8-10-25)19(26)16-12-22-18(13-21-16)23-15-11-14(2)5-6-17(15)28-3/h5-6,11-13H,4,7-10H2,1-3H3,(H,22,23). The number of nitrogens with one attached hydrogen (secondary N) is 1. The maximum Gasteiger partial charge on any atom is 0.409 e. The van der Waals surface area contributed by atoms with Gasteiger partial charge >= 0.3 is 6.09 Å². The number of carbonyl (C=O) groups is 2. The molecule has 1 aromatic carbocycles. The summed E-state index contributed by atoms with van der Waals surface area (Å²) in [6, 6.07) is 5.78. The molecule has 2 aromatic rings. The number of aromatic nitrogens is 2. The lowest BCUT2D eigenvalue weighted by atomic mass is 10.2. The van der Waals surface area contributed by atoms with Crippen LogP contribution < -0.4 is 10.1 Å². The lowest BCUT2D eigenvalue weighted by Crippen LogP contribution is -2.50. The number of rotatable bonds is 5. The van der Waals surface area contributed by atoms with Crippen molar-refractivity contribution < 1.29 is 19.1 Å². The van der Waals surface area contributed by atoms with E-state index in [1.807, 2.05) is 25.1 Å². The first-order chi connectivity index (χ1) is 14.0. The summed E-state index contributed by atoms with van der Waals surface area (Å²) in [6.45, 7) is 5.82. The van der Waals surface area contributed by atoms with Gasteiger partial charge in [-0.25, -0.2) is 14.8 Å². The minimum Gasteiger partial charge on any atom is -0.495 e. The Morgan fingerprint density at radius 3 is 2.45 bits per heavy atom. The molecule has 2 amide bonds. The van der Waals surface area contributed by atoms with Gasteiger partial charge in [0.15, 0.2) is 0 Å². The molecular formula is C20H25N5O4. The van der Waals surface area contributed by atoms with Gasteiger partial charge in [-0.1, -0.05) is 6.07 Å². The van der Waals surface area contributed by atoms with Crippen LogP contribution in [0.25, 0.3) is 0 Å². The summed E-state index contributed by atoms with van der Waals surface area (Å²) in [5.41, 5.74) is 2.11. The number of amides is 2. The van der Waals surface area contributed by atoms with Gasteiger partial charge in [0.25, 0.3) is 5.91 Å². The van der Waals surface area contributed by atoms with Crippen LogP contribution in [0.15, 0.2) is 30.6 Å². The molecular weight excluding hydrogens is 374 g/mol. The highest BCUT2D eigenvalue weighted by Gasteiger charge is 2.26. The minimum absolute atomic E-state index is 0.208. The SMILES string of the molecule is CCOC(=O)N1CCN(C(=O)c2cnc(Nc3cc(C)ccc3OC)cn2)CC1. The van der Waals surface area contributed by atoms with Crippen molar-refractivity contribution in [3.63, 3.8) is 0 Å². The average Bonchev–Trinajstić information content (AvgIpc) is 2.74. The van der Waals surface area contributed by atoms with Crippen molar-refractivity contribution in [3.8, 4) is 5.75 Å². The molecule has 0 atom stereocenters. The van der Waals surface area contributed by atoms with Crippen LogP contribution in [0.3, 0.4) is 0 Å². The fourth-order valence-corrected chi connectivity index (χ4v) is 3.03. The van der Waals surface area contributed by atoms with Crippen LogP contribution in [0.4, 0.5) is 16.3 Å². The molecule has 0 aliphatic carbocycles. The Morgan fingerprint density at radius 1 is 1.10 bits per heavy atom. The third kappa shape index (κ3) is 4.92. The van der Waals surface area contributed by atoms with Gasteiger partial charge in [0.1, 0.15) is 17.3 Å². The van der Waals surface area contributed by atoms with E-state index in [1.54, 1.807) is 23.8 Å². The van der Waals surface area contributed by atoms with E-state index in [1.165, 1.54) is 12.4 Å². The first-order valence-corrected chi connectivity index (χ1v) is 9.46. The Kier molecular flexibility index (Phi) is 6.48. The second-order valence-corrected chi connectivity index (χ2v) is 6.59. The van der Waals surface area contributed by atoms with Crippen molar-refractivity contribution in [1.29, 1.82) is 0 Å². The molecule has 9 heteroatoms. The summed E-state index contributed by atoms with van der Waals surface area (Å²) in [7, 11) is 1.60. The topological polar surface area (TPSA) is 96.9 Å². The van der Waals surface area contributed by atoms with Crippen LogP contribution in [0.2, 0.25) is 0 Å². The fourth-order valence-electron chi connectivity index (χ4n) is 3.03. The Balaban J connectivity index is 1.61. The molecule has 1 aromatic heterocycles. The van der Waals surface area contributed by atoms with Gasteiger partial charge < -0.3 is 24.6 Å². The number of methoxy groups -OCH3 is 1. The van der Waals surface area contributed by atoms with Gasteiger partial charge in [-0.05, 0) is 31.5 Å². The highest BCUT2D eigenvalue weighted by Crippen LogP contribution is 2.27. The van der Waals surface area contributed by atoms with E-state index in [-0.39, 0.29) is 17.7 Å². The molecule has 1 N–H and O–H groups in total. The van der Waals surface area contributed by atoms with Crippen LogP contribution in [0.1, 0.15) is 23.0 Å². The second kappa shape index (κ2) is 9.22. The number of piperazine rings is 1. The van der Waals surface area contributed by atoms with E-state index in [4.69, 9.17) is 9.47 Å². The third-order valence-corrected chi connectivity index (χ3v) is 4.58. The molecule has 1 aliphatic rings. The summed E-state index contributed by atoms with van der Waals surface area (Å²) in [6.07, 6.45) is 2.62. The first-order valence-electron chi connectivity index (χ1n) is 9.46. The minimum atomic E-state index is -0.346. The van der Waals surface area contributed by atoms with Gasteiger partial charge in [-0.2, -0.15) is 0 Å². The molecule has 0 unspecified atom stereocenters. The molecule has 0 saturated carbocycles.